The van der Waals surface area contributed by atoms with Crippen molar-refractivity contribution in [2.24, 2.45) is 0 Å². The first-order chi connectivity index (χ1) is 41.0. The van der Waals surface area contributed by atoms with Crippen molar-refractivity contribution in [2.75, 3.05) is 50.1 Å². The van der Waals surface area contributed by atoms with Gasteiger partial charge in [0.2, 0.25) is 10.3 Å². The lowest BCUT2D eigenvalue weighted by atomic mass is 9.83. The van der Waals surface area contributed by atoms with Crippen LogP contribution in [0.2, 0.25) is 0 Å². The molecule has 0 N–H and O–H groups in total. The highest BCUT2D eigenvalue weighted by molar-refractivity contribution is 7.93. The summed E-state index contributed by atoms with van der Waals surface area (Å²) in [7, 11) is -1.61. The maximum atomic E-state index is 14.3. The fourth-order valence-electron chi connectivity index (χ4n) is 12.9. The molecule has 2 aliphatic heterocycles. The van der Waals surface area contributed by atoms with E-state index in [1.165, 1.54) is 69.2 Å². The molecule has 0 amide bonds. The highest BCUT2D eigenvalue weighted by Gasteiger charge is 2.38. The monoisotopic (exact) mass is 1210 g/mol. The lowest BCUT2D eigenvalue weighted by Gasteiger charge is -2.44. The molecule has 2 fully saturated rings. The number of hydrogen-bond donors (Lipinski definition) is 0. The second-order valence-electron chi connectivity index (χ2n) is 21.7. The molecular formula is C64H72N8O8S4. The number of aryl methyl sites for hydroxylation is 2. The van der Waals surface area contributed by atoms with Crippen LogP contribution in [0.4, 0.5) is 10.3 Å². The highest BCUT2D eigenvalue weighted by Crippen LogP contribution is 2.46. The van der Waals surface area contributed by atoms with Gasteiger partial charge >= 0.3 is 0 Å². The molecule has 0 spiro atoms. The van der Waals surface area contributed by atoms with Crippen molar-refractivity contribution in [1.29, 1.82) is 0 Å². The second kappa shape index (κ2) is 26.5. The summed E-state index contributed by atoms with van der Waals surface area (Å²) >= 11 is 2.10. The molecule has 4 aliphatic rings. The summed E-state index contributed by atoms with van der Waals surface area (Å²) in [4.78, 5) is 14.4. The van der Waals surface area contributed by atoms with Crippen molar-refractivity contribution in [3.05, 3.63) is 191 Å². The molecule has 84 heavy (non-hydrogen) atoms. The van der Waals surface area contributed by atoms with E-state index >= 15 is 0 Å². The molecule has 12 rings (SSSR count). The Morgan fingerprint density at radius 1 is 0.476 bits per heavy atom. The summed E-state index contributed by atoms with van der Waals surface area (Å²) in [6, 6.07) is 45.1. The molecule has 6 aromatic carbocycles. The average Bonchev–Trinajstić information content (AvgIpc) is 3.78. The Bertz CT molecular complexity index is 3470. The number of aromatic nitrogens is 4. The first kappa shape index (κ1) is 58.8. The minimum Gasteiger partial charge on any atom is -0.497 e. The lowest BCUT2D eigenvalue weighted by Crippen LogP contribution is -2.38. The van der Waals surface area contributed by atoms with Crippen molar-refractivity contribution in [3.63, 3.8) is 0 Å². The molecule has 0 saturated carbocycles. The summed E-state index contributed by atoms with van der Waals surface area (Å²) in [6.07, 6.45) is 15.8. The van der Waals surface area contributed by atoms with Crippen LogP contribution in [0.5, 0.6) is 23.0 Å². The number of nitrogens with zero attached hydrogens (tertiary/aromatic N) is 8. The van der Waals surface area contributed by atoms with Gasteiger partial charge in [-0.15, -0.1) is 0 Å². The van der Waals surface area contributed by atoms with Gasteiger partial charge in [-0.2, -0.15) is 8.75 Å². The van der Waals surface area contributed by atoms with Gasteiger partial charge in [-0.3, -0.25) is 9.80 Å². The average molecular weight is 1210 g/mol. The number of ether oxygens (including phenoxy) is 4. The number of rotatable bonds is 18. The number of hydrogen-bond acceptors (Lipinski definition) is 16. The predicted octanol–water partition coefficient (Wildman–Crippen LogP) is 13.1. The lowest BCUT2D eigenvalue weighted by molar-refractivity contribution is 0.0835. The van der Waals surface area contributed by atoms with E-state index in [1.54, 1.807) is 64.8 Å². The second-order valence-corrected chi connectivity index (χ2v) is 26.9. The third-order valence-electron chi connectivity index (χ3n) is 17.0. The molecule has 0 unspecified atom stereocenters. The van der Waals surface area contributed by atoms with Crippen LogP contribution in [0, 0.1) is 0 Å². The number of fused-ring (bicyclic) bond motifs is 2. The van der Waals surface area contributed by atoms with E-state index in [4.69, 9.17) is 18.9 Å². The van der Waals surface area contributed by atoms with Gasteiger partial charge in [0.25, 0.3) is 20.0 Å². The van der Waals surface area contributed by atoms with E-state index in [9.17, 15) is 16.8 Å². The molecule has 2 saturated heterocycles. The summed E-state index contributed by atoms with van der Waals surface area (Å²) in [5.41, 5.74) is 8.87. The Kier molecular flexibility index (Phi) is 18.6. The third kappa shape index (κ3) is 12.6. The molecule has 0 radical (unpaired) electrons. The molecule has 8 aromatic rings. The third-order valence-corrected chi connectivity index (χ3v) is 22.0. The molecule has 440 valence electrons. The number of piperidine rings is 2. The standard InChI is InChI=1S/2C32H36N4O4S2/c2*1-39-26-15-14-25(31(20-26)40-2)21-36(32-33-22-34-41-32)42(37,38)27-16-17-28-24(19-27)11-8-13-30(28)35-18-7-6-12-29(35)23-9-4-3-5-10-23/h2*3-5,9-10,14-17,19-20,22,29-30H,6-8,11-13,18,21H2,1-2H3/t29-,30+;29-,30-/m10/s1. The number of benzene rings is 6. The van der Waals surface area contributed by atoms with Crippen LogP contribution >= 0.6 is 23.1 Å². The molecule has 4 atom stereocenters. The SMILES string of the molecule is COc1ccc(CN(c2ncns2)S(=O)(=O)c2ccc3c(c2)CCC[C@@H]3N2CCCC[C@@H]2c2ccccc2)c(OC)c1.COc1ccc(CN(c2ncns2)S(=O)(=O)c2ccc3c(c2)CCC[C@@H]3N2CCCC[C@H]2c2ccccc2)c(OC)c1. The fourth-order valence-corrected chi connectivity index (χ4v) is 17.2. The largest absolute Gasteiger partial charge is 0.497 e. The minimum absolute atomic E-state index is 0.0525. The van der Waals surface area contributed by atoms with Crippen LogP contribution in [0.1, 0.15) is 133 Å². The van der Waals surface area contributed by atoms with E-state index in [0.717, 1.165) is 98.6 Å². The van der Waals surface area contributed by atoms with E-state index in [-0.39, 0.29) is 35.0 Å². The first-order valence-electron chi connectivity index (χ1n) is 28.9. The van der Waals surface area contributed by atoms with E-state index in [1.807, 2.05) is 24.3 Å². The van der Waals surface area contributed by atoms with Crippen LogP contribution in [0.3, 0.4) is 0 Å². The molecule has 2 aromatic heterocycles. The Hall–Kier alpha value is -6.94. The van der Waals surface area contributed by atoms with Crippen LogP contribution in [0.15, 0.2) is 156 Å². The van der Waals surface area contributed by atoms with Gasteiger partial charge in [-0.05, 0) is 159 Å². The molecule has 20 heteroatoms. The minimum atomic E-state index is -3.95. The van der Waals surface area contributed by atoms with Crippen molar-refractivity contribution in [3.8, 4) is 23.0 Å². The zero-order valence-corrected chi connectivity index (χ0v) is 51.2. The quantitative estimate of drug-likeness (QED) is 0.0795. The summed E-state index contributed by atoms with van der Waals surface area (Å²) < 4.78 is 89.6. The van der Waals surface area contributed by atoms with Crippen molar-refractivity contribution < 1.29 is 35.8 Å². The van der Waals surface area contributed by atoms with Crippen molar-refractivity contribution >= 4 is 53.4 Å². The summed E-state index contributed by atoms with van der Waals surface area (Å²) in [5, 5.41) is 0.616. The van der Waals surface area contributed by atoms with Gasteiger partial charge < -0.3 is 18.9 Å². The zero-order chi connectivity index (χ0) is 58.2. The molecule has 2 aliphatic carbocycles. The predicted molar refractivity (Wildman–Crippen MR) is 329 cm³/mol. The van der Waals surface area contributed by atoms with Crippen molar-refractivity contribution in [1.82, 2.24) is 28.5 Å². The highest BCUT2D eigenvalue weighted by atomic mass is 32.2. The maximum Gasteiger partial charge on any atom is 0.266 e. The van der Waals surface area contributed by atoms with Crippen molar-refractivity contribution in [2.45, 2.75) is 124 Å². The summed E-state index contributed by atoms with van der Waals surface area (Å²) in [5.74, 6) is 2.35. The molecular weight excluding hydrogens is 1140 g/mol. The first-order valence-corrected chi connectivity index (χ1v) is 33.3. The Labute approximate surface area is 502 Å². The number of sulfonamides is 2. The van der Waals surface area contributed by atoms with Crippen LogP contribution < -0.4 is 27.6 Å². The fraction of sp³-hybridized carbons (Fsp3) is 0.375. The number of likely N-dealkylation sites (tertiary alicyclic amines) is 2. The van der Waals surface area contributed by atoms with E-state index < -0.39 is 20.0 Å². The van der Waals surface area contributed by atoms with Gasteiger partial charge in [0, 0.05) is 70.5 Å². The Morgan fingerprint density at radius 2 is 0.893 bits per heavy atom. The van der Waals surface area contributed by atoms with Crippen LogP contribution in [0.25, 0.3) is 0 Å². The number of anilines is 2. The molecule has 16 nitrogen and oxygen atoms in total. The van der Waals surface area contributed by atoms with E-state index in [0.29, 0.717) is 56.5 Å². The smallest absolute Gasteiger partial charge is 0.266 e. The number of methoxy groups -OCH3 is 4. The topological polar surface area (TPSA) is 170 Å². The zero-order valence-electron chi connectivity index (χ0n) is 48.0. The summed E-state index contributed by atoms with van der Waals surface area (Å²) in [6.45, 7) is 2.21. The Morgan fingerprint density at radius 3 is 1.27 bits per heavy atom. The Balaban J connectivity index is 0.000000175. The van der Waals surface area contributed by atoms with Crippen LogP contribution in [-0.4, -0.2) is 86.9 Å². The normalized spacial score (nSPS) is 19.2. The molecule has 4 heterocycles. The van der Waals surface area contributed by atoms with Gasteiger partial charge in [-0.25, -0.2) is 35.4 Å². The van der Waals surface area contributed by atoms with Gasteiger partial charge in [-0.1, -0.05) is 85.6 Å². The van der Waals surface area contributed by atoms with E-state index in [2.05, 4.69) is 101 Å². The van der Waals surface area contributed by atoms with Gasteiger partial charge in [0.05, 0.1) is 51.3 Å². The maximum absolute atomic E-state index is 14.3. The van der Waals surface area contributed by atoms with Gasteiger partial charge in [0.15, 0.2) is 0 Å². The molecule has 0 bridgehead atoms. The van der Waals surface area contributed by atoms with Crippen LogP contribution in [-0.2, 0) is 46.0 Å². The van der Waals surface area contributed by atoms with Gasteiger partial charge in [0.1, 0.15) is 35.7 Å².